The molecular formula is C2H9NO+2. The number of hydrogen-bond donors (Lipinski definition) is 2. The zero-order valence-corrected chi connectivity index (χ0v) is 2.44. The lowest BCUT2D eigenvalue weighted by Gasteiger charge is -1.71. The fourth-order valence-corrected chi connectivity index (χ4v) is 0. The molecule has 0 aliphatic carbocycles. The SMILES string of the molecule is NCCO.[H+].[H+]. The van der Waals surface area contributed by atoms with Crippen LogP contribution in [0.1, 0.15) is 2.85 Å². The molecule has 0 saturated carbocycles. The quantitative estimate of drug-likeness (QED) is 0.417. The average molecular weight is 63.1 g/mol. The highest BCUT2D eigenvalue weighted by atomic mass is 16.3. The van der Waals surface area contributed by atoms with Crippen LogP contribution in [-0.2, 0) is 0 Å². The molecule has 0 saturated heterocycles. The second-order valence-electron chi connectivity index (χ2n) is 0.512. The van der Waals surface area contributed by atoms with E-state index in [9.17, 15) is 0 Å². The lowest BCUT2D eigenvalue weighted by Crippen LogP contribution is -2.02. The summed E-state index contributed by atoms with van der Waals surface area (Å²) in [5.41, 5.74) is 4.78. The van der Waals surface area contributed by atoms with Crippen molar-refractivity contribution in [2.45, 2.75) is 0 Å². The minimum atomic E-state index is 0. The monoisotopic (exact) mass is 63.1 g/mol. The molecule has 0 amide bonds. The van der Waals surface area contributed by atoms with Gasteiger partial charge in [0.2, 0.25) is 0 Å². The number of rotatable bonds is 1. The highest BCUT2D eigenvalue weighted by molar-refractivity contribution is 4.17. The van der Waals surface area contributed by atoms with Crippen LogP contribution in [0.25, 0.3) is 0 Å². The van der Waals surface area contributed by atoms with Crippen molar-refractivity contribution in [1.82, 2.24) is 0 Å². The molecular weight excluding hydrogens is 54.0 g/mol. The molecule has 0 aliphatic rings. The van der Waals surface area contributed by atoms with Crippen LogP contribution in [0.5, 0.6) is 0 Å². The summed E-state index contributed by atoms with van der Waals surface area (Å²) < 4.78 is 0. The van der Waals surface area contributed by atoms with E-state index in [1.807, 2.05) is 0 Å². The van der Waals surface area contributed by atoms with Crippen molar-refractivity contribution < 1.29 is 7.96 Å². The highest BCUT2D eigenvalue weighted by Crippen LogP contribution is 1.33. The first kappa shape index (κ1) is 3.92. The second kappa shape index (κ2) is 2.92. The van der Waals surface area contributed by atoms with E-state index in [1.54, 1.807) is 0 Å². The number of aliphatic hydroxyl groups excluding tert-OH is 1. The van der Waals surface area contributed by atoms with E-state index in [1.165, 1.54) is 0 Å². The van der Waals surface area contributed by atoms with Crippen LogP contribution in [0.2, 0.25) is 0 Å². The Morgan fingerprint density at radius 2 is 2.25 bits per heavy atom. The molecule has 4 heavy (non-hydrogen) atoms. The number of nitrogens with two attached hydrogens (primary N) is 1. The van der Waals surface area contributed by atoms with Crippen molar-refractivity contribution >= 4 is 0 Å². The van der Waals surface area contributed by atoms with Crippen LogP contribution in [0.15, 0.2) is 0 Å². The zero-order valence-electron chi connectivity index (χ0n) is 4.44. The molecule has 0 atom stereocenters. The molecule has 0 aromatic carbocycles. The van der Waals surface area contributed by atoms with E-state index in [4.69, 9.17) is 10.8 Å². The van der Waals surface area contributed by atoms with Gasteiger partial charge in [0.25, 0.3) is 0 Å². The zero-order chi connectivity index (χ0) is 3.41. The van der Waals surface area contributed by atoms with Crippen LogP contribution in [-0.4, -0.2) is 18.3 Å². The maximum Gasteiger partial charge on any atom is 1.00 e. The van der Waals surface area contributed by atoms with E-state index >= 15 is 0 Å². The Labute approximate surface area is 28.2 Å². The van der Waals surface area contributed by atoms with Crippen molar-refractivity contribution in [3.8, 4) is 0 Å². The van der Waals surface area contributed by atoms with Gasteiger partial charge in [0, 0.05) is 6.54 Å². The van der Waals surface area contributed by atoms with Crippen LogP contribution in [0, 0.1) is 0 Å². The molecule has 0 aromatic rings. The van der Waals surface area contributed by atoms with Gasteiger partial charge in [0.15, 0.2) is 0 Å². The number of aliphatic hydroxyl groups is 1. The second-order valence-corrected chi connectivity index (χ2v) is 0.512. The normalized spacial score (nSPS) is 7.50. The minimum Gasteiger partial charge on any atom is -0.395 e. The Kier molecular flexibility index (Phi) is 2.86. The predicted octanol–water partition coefficient (Wildman–Crippen LogP) is -0.838. The molecule has 0 rings (SSSR count). The van der Waals surface area contributed by atoms with E-state index in [-0.39, 0.29) is 9.46 Å². The molecule has 0 heterocycles. The lowest BCUT2D eigenvalue weighted by atomic mass is 10.8. The van der Waals surface area contributed by atoms with Gasteiger partial charge in [-0.2, -0.15) is 0 Å². The molecule has 0 spiro atoms. The molecule has 0 aromatic heterocycles. The maximum absolute atomic E-state index is 7.75. The Hall–Kier alpha value is -0.0800. The Morgan fingerprint density at radius 1 is 2.00 bits per heavy atom. The van der Waals surface area contributed by atoms with E-state index in [2.05, 4.69) is 0 Å². The highest BCUT2D eigenvalue weighted by Gasteiger charge is 1.56. The molecule has 0 aliphatic heterocycles. The van der Waals surface area contributed by atoms with Gasteiger partial charge in [-0.05, 0) is 0 Å². The average Bonchev–Trinajstić information content (AvgIpc) is 1.37. The lowest BCUT2D eigenvalue weighted by molar-refractivity contribution is 0.306. The molecule has 0 bridgehead atoms. The standard InChI is InChI=1S/C2H7NO/c3-1-2-4/h4H,1-3H2/p+2. The van der Waals surface area contributed by atoms with Gasteiger partial charge >= 0.3 is 2.85 Å². The maximum atomic E-state index is 7.75. The first-order chi connectivity index (χ1) is 1.91. The summed E-state index contributed by atoms with van der Waals surface area (Å²) in [7, 11) is 0. The van der Waals surface area contributed by atoms with E-state index in [0.717, 1.165) is 0 Å². The van der Waals surface area contributed by atoms with Crippen molar-refractivity contribution in [2.75, 3.05) is 13.2 Å². The molecule has 0 fully saturated rings. The van der Waals surface area contributed by atoms with E-state index < -0.39 is 0 Å². The fraction of sp³-hybridized carbons (Fsp3) is 1.00. The molecule has 3 N–H and O–H groups in total. The summed E-state index contributed by atoms with van der Waals surface area (Å²) in [5.74, 6) is 0. The third kappa shape index (κ3) is 1.92. The van der Waals surface area contributed by atoms with Gasteiger partial charge in [-0.3, -0.25) is 0 Å². The van der Waals surface area contributed by atoms with Gasteiger partial charge in [-0.15, -0.1) is 0 Å². The Morgan fingerprint density at radius 3 is 2.25 bits per heavy atom. The van der Waals surface area contributed by atoms with Crippen LogP contribution < -0.4 is 5.73 Å². The van der Waals surface area contributed by atoms with Gasteiger partial charge in [0.05, 0.1) is 6.61 Å². The minimum absolute atomic E-state index is 0. The summed E-state index contributed by atoms with van der Waals surface area (Å²) in [6, 6.07) is 0. The first-order valence-corrected chi connectivity index (χ1v) is 1.22. The third-order valence-electron chi connectivity index (χ3n) is 0.129. The van der Waals surface area contributed by atoms with Crippen LogP contribution >= 0.6 is 0 Å². The molecule has 2 nitrogen and oxygen atoms in total. The summed E-state index contributed by atoms with van der Waals surface area (Å²) in [6.07, 6.45) is 0. The van der Waals surface area contributed by atoms with Crippen LogP contribution in [0.4, 0.5) is 0 Å². The van der Waals surface area contributed by atoms with E-state index in [0.29, 0.717) is 6.54 Å². The van der Waals surface area contributed by atoms with Crippen LogP contribution in [0.3, 0.4) is 0 Å². The largest absolute Gasteiger partial charge is 1.00 e. The Balaban J connectivity index is -0.0000000450. The summed E-state index contributed by atoms with van der Waals surface area (Å²) >= 11 is 0. The first-order valence-electron chi connectivity index (χ1n) is 1.22. The molecule has 26 valence electrons. The van der Waals surface area contributed by atoms with Crippen molar-refractivity contribution in [3.05, 3.63) is 0 Å². The summed E-state index contributed by atoms with van der Waals surface area (Å²) in [5, 5.41) is 7.75. The smallest absolute Gasteiger partial charge is 0.395 e. The number of hydrogen-bond acceptors (Lipinski definition) is 2. The fourth-order valence-electron chi connectivity index (χ4n) is 0. The van der Waals surface area contributed by atoms with Crippen molar-refractivity contribution in [2.24, 2.45) is 5.73 Å². The Bertz CT molecular complexity index is 13.5. The molecule has 0 unspecified atom stereocenters. The van der Waals surface area contributed by atoms with Gasteiger partial charge in [-0.25, -0.2) is 0 Å². The molecule has 2 heteroatoms. The van der Waals surface area contributed by atoms with Gasteiger partial charge < -0.3 is 10.8 Å². The van der Waals surface area contributed by atoms with Gasteiger partial charge in [0.1, 0.15) is 0 Å². The summed E-state index contributed by atoms with van der Waals surface area (Å²) in [4.78, 5) is 0. The predicted molar refractivity (Wildman–Crippen MR) is 18.4 cm³/mol. The molecule has 0 radical (unpaired) electrons. The third-order valence-corrected chi connectivity index (χ3v) is 0.129. The topological polar surface area (TPSA) is 46.2 Å². The van der Waals surface area contributed by atoms with Gasteiger partial charge in [-0.1, -0.05) is 0 Å². The summed E-state index contributed by atoms with van der Waals surface area (Å²) in [6.45, 7) is 0.472. The van der Waals surface area contributed by atoms with Crippen molar-refractivity contribution in [3.63, 3.8) is 0 Å². The van der Waals surface area contributed by atoms with Crippen molar-refractivity contribution in [1.29, 1.82) is 0 Å².